The number of allylic oxidation sites excluding steroid dienone is 3. The Balaban J connectivity index is 1.56. The molecule has 2 saturated carbocycles. The van der Waals surface area contributed by atoms with E-state index in [9.17, 15) is 34.2 Å². The van der Waals surface area contributed by atoms with Crippen molar-refractivity contribution < 1.29 is 72.1 Å². The summed E-state index contributed by atoms with van der Waals surface area (Å²) in [6.07, 6.45) is -4.53. The van der Waals surface area contributed by atoms with Gasteiger partial charge in [0.05, 0.1) is 35.3 Å². The smallest absolute Gasteiger partial charge is 0.407 e. The maximum atomic E-state index is 14.7. The zero-order valence-corrected chi connectivity index (χ0v) is 41.9. The first-order valence-corrected chi connectivity index (χ1v) is 23.9. The van der Waals surface area contributed by atoms with Gasteiger partial charge in [-0.25, -0.2) is 14.4 Å². The van der Waals surface area contributed by atoms with E-state index in [1.165, 1.54) is 33.3 Å². The van der Waals surface area contributed by atoms with Gasteiger partial charge in [-0.2, -0.15) is 0 Å². The third kappa shape index (κ3) is 10.9. The zero-order valence-electron chi connectivity index (χ0n) is 41.9. The van der Waals surface area contributed by atoms with E-state index in [1.807, 2.05) is 40.7 Å². The van der Waals surface area contributed by atoms with Crippen LogP contribution in [-0.2, 0) is 52.3 Å². The molecule has 2 saturated heterocycles. The van der Waals surface area contributed by atoms with Crippen LogP contribution in [0, 0.1) is 23.2 Å². The lowest BCUT2D eigenvalue weighted by atomic mass is 9.54. The van der Waals surface area contributed by atoms with Crippen molar-refractivity contribution >= 4 is 30.0 Å². The van der Waals surface area contributed by atoms with E-state index in [1.54, 1.807) is 58.0 Å². The van der Waals surface area contributed by atoms with Crippen molar-refractivity contribution in [3.8, 4) is 0 Å². The molecule has 5 aliphatic rings. The van der Waals surface area contributed by atoms with E-state index in [0.717, 1.165) is 12.0 Å². The number of hydrogen-bond donors (Lipinski definition) is 3. The highest BCUT2D eigenvalue weighted by Crippen LogP contribution is 2.66. The van der Waals surface area contributed by atoms with Crippen molar-refractivity contribution in [2.75, 3.05) is 6.61 Å². The minimum Gasteiger partial charge on any atom is -0.457 e. The topological polar surface area (TPSA) is 212 Å². The molecule has 1 aromatic carbocycles. The lowest BCUT2D eigenvalue weighted by Gasteiger charge is -2.63. The van der Waals surface area contributed by atoms with E-state index < -0.39 is 119 Å². The predicted molar refractivity (Wildman–Crippen MR) is 248 cm³/mol. The van der Waals surface area contributed by atoms with Gasteiger partial charge in [0.2, 0.25) is 0 Å². The highest BCUT2D eigenvalue weighted by molar-refractivity contribution is 5.89. The first-order valence-electron chi connectivity index (χ1n) is 23.9. The monoisotopic (exact) mass is 951 g/mol. The van der Waals surface area contributed by atoms with Crippen LogP contribution in [0.25, 0.3) is 0 Å². The van der Waals surface area contributed by atoms with Crippen LogP contribution in [-0.4, -0.2) is 119 Å². The lowest BCUT2D eigenvalue weighted by Crippen LogP contribution is -2.77. The van der Waals surface area contributed by atoms with Crippen LogP contribution < -0.4 is 5.32 Å². The number of carbonyl (C=O) groups excluding carboxylic acids is 5. The first kappa shape index (κ1) is 52.8. The summed E-state index contributed by atoms with van der Waals surface area (Å²) in [4.78, 5) is 68.9. The normalized spacial score (nSPS) is 31.9. The van der Waals surface area contributed by atoms with Crippen LogP contribution in [0.3, 0.4) is 0 Å². The Hall–Kier alpha value is -4.61. The summed E-state index contributed by atoms with van der Waals surface area (Å²) >= 11 is 0. The summed E-state index contributed by atoms with van der Waals surface area (Å²) in [5, 5.41) is 27.4. The highest BCUT2D eigenvalue weighted by atomic mass is 16.7. The Labute approximate surface area is 400 Å². The molecular formula is C52H73NO15. The third-order valence-corrected chi connectivity index (χ3v) is 14.0. The molecule has 1 amide bonds. The Morgan fingerprint density at radius 1 is 0.941 bits per heavy atom. The minimum atomic E-state index is -1.90. The maximum Gasteiger partial charge on any atom is 0.407 e. The van der Waals surface area contributed by atoms with Gasteiger partial charge in [0.1, 0.15) is 30.0 Å². The van der Waals surface area contributed by atoms with Crippen molar-refractivity contribution in [3.63, 3.8) is 0 Å². The van der Waals surface area contributed by atoms with E-state index in [0.29, 0.717) is 12.0 Å². The number of hydrogen-bond acceptors (Lipinski definition) is 15. The average Bonchev–Trinajstić information content (AvgIpc) is 3.45. The summed E-state index contributed by atoms with van der Waals surface area (Å²) in [5.41, 5.74) is -3.05. The molecule has 68 heavy (non-hydrogen) atoms. The summed E-state index contributed by atoms with van der Waals surface area (Å²) < 4.78 is 51.4. The van der Waals surface area contributed by atoms with Crippen LogP contribution >= 0.6 is 0 Å². The quantitative estimate of drug-likeness (QED) is 0.0919. The molecule has 3 N–H and O–H groups in total. The lowest BCUT2D eigenvalue weighted by molar-refractivity contribution is -0.366. The molecule has 3 aliphatic carbocycles. The Kier molecular flexibility index (Phi) is 15.8. The fraction of sp³-hybridized carbons (Fsp3) is 0.673. The second-order valence-electron chi connectivity index (χ2n) is 21.5. The van der Waals surface area contributed by atoms with Gasteiger partial charge in [0, 0.05) is 38.5 Å². The van der Waals surface area contributed by atoms with Gasteiger partial charge < -0.3 is 53.4 Å². The van der Waals surface area contributed by atoms with Gasteiger partial charge in [-0.3, -0.25) is 9.59 Å². The molecule has 13 atom stereocenters. The maximum absolute atomic E-state index is 14.7. The third-order valence-electron chi connectivity index (χ3n) is 14.0. The summed E-state index contributed by atoms with van der Waals surface area (Å²) in [6, 6.07) is 7.17. The fourth-order valence-electron chi connectivity index (χ4n) is 11.2. The molecule has 376 valence electrons. The van der Waals surface area contributed by atoms with Gasteiger partial charge in [-0.05, 0) is 117 Å². The largest absolute Gasteiger partial charge is 0.457 e. The molecule has 2 aliphatic heterocycles. The molecule has 16 heteroatoms. The molecule has 6 rings (SSSR count). The number of aliphatic hydroxyl groups is 2. The highest BCUT2D eigenvalue weighted by Gasteiger charge is 2.77. The molecule has 2 heterocycles. The van der Waals surface area contributed by atoms with Crippen molar-refractivity contribution in [2.24, 2.45) is 23.2 Å². The van der Waals surface area contributed by atoms with Crippen LogP contribution in [0.15, 0.2) is 64.8 Å². The van der Waals surface area contributed by atoms with Gasteiger partial charge in [0.15, 0.2) is 24.1 Å². The summed E-state index contributed by atoms with van der Waals surface area (Å²) in [6.45, 7) is 22.0. The molecule has 1 aromatic rings. The second kappa shape index (κ2) is 20.4. The number of nitrogens with one attached hydrogen (secondary N) is 1. The number of esters is 4. The molecule has 0 bridgehead atoms. The standard InChI is InChI=1S/C52H73NO15/c1-27(2)18-17-19-29(5)23-38-63-35-24-37-52(26-61-37,67-32(8)55)41-39(35)43(65-38)44(62-31(7)54)40-30(6)36(64-47(58)42(56)34(22-28(3)4)53-48(59)68-49(9,10)11)25-51(40,50(12,13)60)45(41)66-46(57)33-20-15-14-16-21-33/h14-16,18,20-21,23,28,34-39,41-45,56,60H,17,19,22,24-26H2,1-13H3,(H,53,59)/b29-23+/t34-,35-,36-,37+,38-,39?,41+,42+,43+,44-,45-,51-,52-/m0/s1. The summed E-state index contributed by atoms with van der Waals surface area (Å²) in [5.74, 6) is -5.11. The van der Waals surface area contributed by atoms with Crippen molar-refractivity contribution in [1.29, 1.82) is 0 Å². The summed E-state index contributed by atoms with van der Waals surface area (Å²) in [7, 11) is 0. The van der Waals surface area contributed by atoms with Gasteiger partial charge in [-0.15, -0.1) is 0 Å². The molecule has 0 aromatic heterocycles. The molecular weight excluding hydrogens is 879 g/mol. The predicted octanol–water partition coefficient (Wildman–Crippen LogP) is 6.99. The number of aliphatic hydroxyl groups excluding tert-OH is 1. The number of alkyl carbamates (subject to hydrolysis) is 1. The van der Waals surface area contributed by atoms with E-state index in [-0.39, 0.29) is 42.9 Å². The van der Waals surface area contributed by atoms with Gasteiger partial charge >= 0.3 is 30.0 Å². The number of carbonyl (C=O) groups is 5. The SMILES string of the molecule is CC(=O)O[C@H]1C2=C(C)[C@@H](OC(=O)[C@H](O)[C@H](CC(C)C)NC(=O)OC(C)(C)C)C[C@@]2(C(C)(C)O)[C@@H](OC(=O)c2ccccc2)[C@H]2C3[C@H](C[C@H]4OC[C@@]24OC(C)=O)O[C@H](/C=C(\C)CCC=C(C)C)O[C@H]31. The Morgan fingerprint density at radius 3 is 2.18 bits per heavy atom. The number of benzene rings is 1. The van der Waals surface area contributed by atoms with Gasteiger partial charge in [-0.1, -0.05) is 49.3 Å². The van der Waals surface area contributed by atoms with Crippen molar-refractivity contribution in [1.82, 2.24) is 5.32 Å². The number of rotatable bonds is 15. The molecule has 0 radical (unpaired) electrons. The fourth-order valence-corrected chi connectivity index (χ4v) is 11.2. The van der Waals surface area contributed by atoms with Crippen LogP contribution in [0.4, 0.5) is 4.79 Å². The number of fused-ring (bicyclic) bond motifs is 3. The second-order valence-corrected chi connectivity index (χ2v) is 21.5. The zero-order chi connectivity index (χ0) is 50.3. The van der Waals surface area contributed by atoms with E-state index in [4.69, 9.17) is 37.9 Å². The van der Waals surface area contributed by atoms with Gasteiger partial charge in [0.25, 0.3) is 0 Å². The Morgan fingerprint density at radius 2 is 1.62 bits per heavy atom. The molecule has 0 spiro atoms. The van der Waals surface area contributed by atoms with Crippen LogP contribution in [0.5, 0.6) is 0 Å². The Bertz CT molecular complexity index is 2150. The molecule has 16 nitrogen and oxygen atoms in total. The van der Waals surface area contributed by atoms with Crippen molar-refractivity contribution in [2.45, 2.75) is 194 Å². The van der Waals surface area contributed by atoms with Crippen molar-refractivity contribution in [3.05, 3.63) is 70.3 Å². The number of ether oxygens (including phenoxy) is 8. The van der Waals surface area contributed by atoms with E-state index in [2.05, 4.69) is 11.4 Å². The molecule has 4 fully saturated rings. The average molecular weight is 952 g/mol. The van der Waals surface area contributed by atoms with Crippen LogP contribution in [0.1, 0.15) is 132 Å². The van der Waals surface area contributed by atoms with Crippen LogP contribution in [0.2, 0.25) is 0 Å². The molecule has 1 unspecified atom stereocenters. The first-order chi connectivity index (χ1) is 31.7. The van der Waals surface area contributed by atoms with E-state index >= 15 is 0 Å². The minimum absolute atomic E-state index is 0.0854. The number of amides is 1.